The molecule has 2 heterocycles. The van der Waals surface area contributed by atoms with Crippen molar-refractivity contribution in [2.75, 3.05) is 20.1 Å². The van der Waals surface area contributed by atoms with E-state index in [0.29, 0.717) is 12.0 Å². The van der Waals surface area contributed by atoms with Crippen molar-refractivity contribution in [2.24, 2.45) is 5.92 Å². The monoisotopic (exact) mass is 281 g/mol. The van der Waals surface area contributed by atoms with Gasteiger partial charge in [-0.3, -0.25) is 9.59 Å². The molecule has 0 saturated carbocycles. The first-order valence-electron chi connectivity index (χ1n) is 7.68. The highest BCUT2D eigenvalue weighted by molar-refractivity contribution is 5.95. The molecule has 5 heteroatoms. The lowest BCUT2D eigenvalue weighted by Gasteiger charge is -2.43. The van der Waals surface area contributed by atoms with Crippen molar-refractivity contribution in [3.05, 3.63) is 0 Å². The van der Waals surface area contributed by atoms with Gasteiger partial charge >= 0.3 is 0 Å². The number of nitrogens with one attached hydrogen (secondary N) is 1. The summed E-state index contributed by atoms with van der Waals surface area (Å²) in [7, 11) is 2.12. The molecule has 2 fully saturated rings. The highest BCUT2D eigenvalue weighted by Gasteiger charge is 2.38. The lowest BCUT2D eigenvalue weighted by molar-refractivity contribution is -0.148. The van der Waals surface area contributed by atoms with Gasteiger partial charge in [-0.1, -0.05) is 13.8 Å². The molecule has 0 aromatic heterocycles. The van der Waals surface area contributed by atoms with Gasteiger partial charge in [-0.05, 0) is 39.2 Å². The summed E-state index contributed by atoms with van der Waals surface area (Å²) < 4.78 is 0. The van der Waals surface area contributed by atoms with Crippen LogP contribution in [0.2, 0.25) is 0 Å². The van der Waals surface area contributed by atoms with Crippen LogP contribution in [0.5, 0.6) is 0 Å². The van der Waals surface area contributed by atoms with Gasteiger partial charge in [0.1, 0.15) is 6.04 Å². The van der Waals surface area contributed by atoms with Crippen LogP contribution in [0.4, 0.5) is 0 Å². The van der Waals surface area contributed by atoms with Gasteiger partial charge in [-0.15, -0.1) is 0 Å². The number of amides is 2. The van der Waals surface area contributed by atoms with Gasteiger partial charge in [0.15, 0.2) is 0 Å². The fraction of sp³-hybridized carbons (Fsp3) is 0.867. The smallest absolute Gasteiger partial charge is 0.245 e. The van der Waals surface area contributed by atoms with Crippen molar-refractivity contribution < 1.29 is 9.59 Å². The van der Waals surface area contributed by atoms with Crippen molar-refractivity contribution in [3.8, 4) is 0 Å². The number of carbonyl (C=O) groups is 2. The largest absolute Gasteiger partial charge is 0.343 e. The van der Waals surface area contributed by atoms with Gasteiger partial charge in [0, 0.05) is 18.6 Å². The minimum absolute atomic E-state index is 0.0122. The minimum Gasteiger partial charge on any atom is -0.343 e. The van der Waals surface area contributed by atoms with Gasteiger partial charge < -0.3 is 15.1 Å². The number of piperazine rings is 1. The number of rotatable bonds is 3. The first-order valence-corrected chi connectivity index (χ1v) is 7.68. The van der Waals surface area contributed by atoms with E-state index in [0.717, 1.165) is 25.8 Å². The summed E-state index contributed by atoms with van der Waals surface area (Å²) in [5, 5.41) is 2.85. The molecule has 114 valence electrons. The molecule has 5 nitrogen and oxygen atoms in total. The molecule has 0 aromatic carbocycles. The van der Waals surface area contributed by atoms with E-state index in [4.69, 9.17) is 0 Å². The summed E-state index contributed by atoms with van der Waals surface area (Å²) in [6.45, 7) is 7.57. The van der Waals surface area contributed by atoms with E-state index in [1.54, 1.807) is 0 Å². The van der Waals surface area contributed by atoms with Crippen molar-refractivity contribution in [1.29, 1.82) is 0 Å². The van der Waals surface area contributed by atoms with E-state index >= 15 is 0 Å². The zero-order valence-corrected chi connectivity index (χ0v) is 13.1. The molecule has 2 amide bonds. The van der Waals surface area contributed by atoms with Crippen LogP contribution >= 0.6 is 0 Å². The summed E-state index contributed by atoms with van der Waals surface area (Å²) in [6, 6.07) is 0.357. The molecule has 2 rings (SSSR count). The second-order valence-electron chi connectivity index (χ2n) is 6.72. The van der Waals surface area contributed by atoms with Crippen LogP contribution in [-0.2, 0) is 9.59 Å². The second-order valence-corrected chi connectivity index (χ2v) is 6.72. The third-order valence-corrected chi connectivity index (χ3v) is 4.56. The Morgan fingerprint density at radius 1 is 1.35 bits per heavy atom. The third-order valence-electron chi connectivity index (χ3n) is 4.56. The van der Waals surface area contributed by atoms with Gasteiger partial charge in [0.05, 0.1) is 6.54 Å². The Morgan fingerprint density at radius 2 is 2.05 bits per heavy atom. The first kappa shape index (κ1) is 15.3. The fourth-order valence-corrected chi connectivity index (χ4v) is 3.22. The quantitative estimate of drug-likeness (QED) is 0.834. The summed E-state index contributed by atoms with van der Waals surface area (Å²) >= 11 is 0. The predicted octanol–water partition coefficient (Wildman–Crippen LogP) is 0.842. The number of nitrogens with zero attached hydrogens (tertiary/aromatic N) is 2. The van der Waals surface area contributed by atoms with Crippen LogP contribution < -0.4 is 5.32 Å². The van der Waals surface area contributed by atoms with E-state index in [9.17, 15) is 9.59 Å². The van der Waals surface area contributed by atoms with Gasteiger partial charge in [-0.25, -0.2) is 0 Å². The van der Waals surface area contributed by atoms with Crippen molar-refractivity contribution in [1.82, 2.24) is 15.1 Å². The minimum atomic E-state index is -0.328. The molecule has 0 aliphatic carbocycles. The molecule has 1 N–H and O–H groups in total. The van der Waals surface area contributed by atoms with Gasteiger partial charge in [0.2, 0.25) is 11.8 Å². The highest BCUT2D eigenvalue weighted by Crippen LogP contribution is 2.23. The molecule has 2 aliphatic rings. The Balaban J connectivity index is 2.06. The highest BCUT2D eigenvalue weighted by atomic mass is 16.2. The molecule has 0 aromatic rings. The Bertz CT molecular complexity index is 383. The lowest BCUT2D eigenvalue weighted by Crippen LogP contribution is -2.62. The number of hydrogen-bond acceptors (Lipinski definition) is 3. The second kappa shape index (κ2) is 6.12. The standard InChI is InChI=1S/C15H27N3O2/c1-10(2)7-13-15(20)18(9-14(19)16-13)12-5-6-17(4)11(3)8-12/h10-13H,5-9H2,1-4H3,(H,16,19). The van der Waals surface area contributed by atoms with E-state index in [-0.39, 0.29) is 30.4 Å². The normalized spacial score (nSPS) is 32.6. The maximum Gasteiger partial charge on any atom is 0.245 e. The van der Waals surface area contributed by atoms with Crippen LogP contribution in [0.15, 0.2) is 0 Å². The maximum atomic E-state index is 12.6. The van der Waals surface area contributed by atoms with Crippen molar-refractivity contribution >= 4 is 11.8 Å². The Kier molecular flexibility index (Phi) is 4.68. The summed E-state index contributed by atoms with van der Waals surface area (Å²) in [4.78, 5) is 28.6. The van der Waals surface area contributed by atoms with Crippen molar-refractivity contribution in [3.63, 3.8) is 0 Å². The lowest BCUT2D eigenvalue weighted by atomic mass is 9.94. The zero-order chi connectivity index (χ0) is 14.9. The first-order chi connectivity index (χ1) is 9.38. The predicted molar refractivity (Wildman–Crippen MR) is 78.2 cm³/mol. The molecule has 2 saturated heterocycles. The molecule has 0 radical (unpaired) electrons. The molecule has 0 bridgehead atoms. The Hall–Kier alpha value is -1.10. The average Bonchev–Trinajstić information content (AvgIpc) is 2.36. The number of likely N-dealkylation sites (tertiary alicyclic amines) is 1. The van der Waals surface area contributed by atoms with Gasteiger partial charge in [0.25, 0.3) is 0 Å². The molecule has 2 aliphatic heterocycles. The maximum absolute atomic E-state index is 12.6. The summed E-state index contributed by atoms with van der Waals surface area (Å²) in [5.74, 6) is 0.502. The van der Waals surface area contributed by atoms with Crippen LogP contribution in [-0.4, -0.2) is 59.9 Å². The summed E-state index contributed by atoms with van der Waals surface area (Å²) in [5.41, 5.74) is 0. The molecule has 0 spiro atoms. The van der Waals surface area contributed by atoms with E-state index in [2.05, 4.69) is 38.0 Å². The third kappa shape index (κ3) is 3.32. The van der Waals surface area contributed by atoms with Crippen LogP contribution in [0.1, 0.15) is 40.0 Å². The summed E-state index contributed by atoms with van der Waals surface area (Å²) in [6.07, 6.45) is 2.65. The molecular formula is C15H27N3O2. The number of piperidine rings is 1. The van der Waals surface area contributed by atoms with Crippen LogP contribution in [0.25, 0.3) is 0 Å². The topological polar surface area (TPSA) is 52.7 Å². The molecule has 3 atom stereocenters. The number of hydrogen-bond donors (Lipinski definition) is 1. The molecular weight excluding hydrogens is 254 g/mol. The van der Waals surface area contributed by atoms with E-state index in [1.807, 2.05) is 4.90 Å². The van der Waals surface area contributed by atoms with E-state index < -0.39 is 0 Å². The fourth-order valence-electron chi connectivity index (χ4n) is 3.22. The number of carbonyl (C=O) groups excluding carboxylic acids is 2. The Morgan fingerprint density at radius 3 is 2.65 bits per heavy atom. The zero-order valence-electron chi connectivity index (χ0n) is 13.1. The van der Waals surface area contributed by atoms with Crippen molar-refractivity contribution in [2.45, 2.75) is 58.2 Å². The molecule has 20 heavy (non-hydrogen) atoms. The van der Waals surface area contributed by atoms with Crippen LogP contribution in [0.3, 0.4) is 0 Å². The van der Waals surface area contributed by atoms with E-state index in [1.165, 1.54) is 0 Å². The Labute approximate surface area is 121 Å². The molecule has 3 unspecified atom stereocenters. The SMILES string of the molecule is CC(C)CC1NC(=O)CN(C2CCN(C)C(C)C2)C1=O. The average molecular weight is 281 g/mol. The van der Waals surface area contributed by atoms with Gasteiger partial charge in [-0.2, -0.15) is 0 Å². The van der Waals surface area contributed by atoms with Crippen LogP contribution in [0, 0.1) is 5.92 Å².